The second kappa shape index (κ2) is 7.90. The second-order valence-electron chi connectivity index (χ2n) is 5.52. The first-order valence-electron chi connectivity index (χ1n) is 7.80. The fraction of sp³-hybridized carbons (Fsp3) is 0.105. The maximum Gasteiger partial charge on any atom is 0.270 e. The molecule has 0 fully saturated rings. The number of benzene rings is 2. The number of hydrogen-bond acceptors (Lipinski definition) is 4. The number of anilines is 2. The summed E-state index contributed by atoms with van der Waals surface area (Å²) in [6.45, 7) is 2.29. The van der Waals surface area contributed by atoms with E-state index in [4.69, 9.17) is 0 Å². The van der Waals surface area contributed by atoms with Crippen molar-refractivity contribution in [1.29, 1.82) is 0 Å². The normalized spacial score (nSPS) is 10.3. The Morgan fingerprint density at radius 3 is 2.60 bits per heavy atom. The van der Waals surface area contributed by atoms with E-state index in [1.54, 1.807) is 6.07 Å². The summed E-state index contributed by atoms with van der Waals surface area (Å²) >= 11 is 3.43. The van der Waals surface area contributed by atoms with Crippen LogP contribution in [0.2, 0.25) is 0 Å². The predicted octanol–water partition coefficient (Wildman–Crippen LogP) is 4.22. The molecule has 1 aromatic heterocycles. The highest BCUT2D eigenvalue weighted by Gasteiger charge is 2.11. The van der Waals surface area contributed by atoms with Gasteiger partial charge in [0.25, 0.3) is 5.91 Å². The molecule has 0 aliphatic carbocycles. The molecule has 1 heterocycles. The van der Waals surface area contributed by atoms with Gasteiger partial charge in [0.2, 0.25) is 5.95 Å². The summed E-state index contributed by atoms with van der Waals surface area (Å²) in [7, 11) is 0. The van der Waals surface area contributed by atoms with E-state index < -0.39 is 0 Å². The molecule has 2 aromatic carbocycles. The van der Waals surface area contributed by atoms with Crippen LogP contribution in [0.15, 0.2) is 65.1 Å². The van der Waals surface area contributed by atoms with Gasteiger partial charge in [0.1, 0.15) is 5.69 Å². The summed E-state index contributed by atoms with van der Waals surface area (Å²) in [6.07, 6.45) is 0. The van der Waals surface area contributed by atoms with Crippen molar-refractivity contribution >= 4 is 33.5 Å². The maximum absolute atomic E-state index is 12.4. The SMILES string of the molecule is Cc1cc(C(=O)NCc2ccccc2)nc(Nc2cccc(Br)c2)n1. The molecule has 25 heavy (non-hydrogen) atoms. The molecule has 0 unspecified atom stereocenters. The molecule has 3 aromatic rings. The van der Waals surface area contributed by atoms with Gasteiger partial charge in [-0.05, 0) is 36.8 Å². The molecule has 0 atom stereocenters. The molecule has 0 saturated carbocycles. The molecule has 0 radical (unpaired) electrons. The Morgan fingerprint density at radius 2 is 1.84 bits per heavy atom. The number of aromatic nitrogens is 2. The Bertz CT molecular complexity index is 884. The van der Waals surface area contributed by atoms with Gasteiger partial charge in [-0.1, -0.05) is 52.3 Å². The first kappa shape index (κ1) is 17.1. The molecule has 0 aliphatic heterocycles. The number of nitrogens with one attached hydrogen (secondary N) is 2. The highest BCUT2D eigenvalue weighted by molar-refractivity contribution is 9.10. The van der Waals surface area contributed by atoms with E-state index in [0.29, 0.717) is 18.2 Å². The third-order valence-electron chi connectivity index (χ3n) is 3.46. The highest BCUT2D eigenvalue weighted by Crippen LogP contribution is 2.19. The number of nitrogens with zero attached hydrogens (tertiary/aromatic N) is 2. The molecule has 1 amide bonds. The van der Waals surface area contributed by atoms with Crippen molar-refractivity contribution in [3.8, 4) is 0 Å². The monoisotopic (exact) mass is 396 g/mol. The fourth-order valence-electron chi connectivity index (χ4n) is 2.30. The van der Waals surface area contributed by atoms with Gasteiger partial charge in [0, 0.05) is 22.4 Å². The Kier molecular flexibility index (Phi) is 5.40. The van der Waals surface area contributed by atoms with Gasteiger partial charge >= 0.3 is 0 Å². The van der Waals surface area contributed by atoms with E-state index in [1.165, 1.54) is 0 Å². The van der Waals surface area contributed by atoms with Gasteiger partial charge in [-0.3, -0.25) is 4.79 Å². The largest absolute Gasteiger partial charge is 0.347 e. The Hall–Kier alpha value is -2.73. The third-order valence-corrected chi connectivity index (χ3v) is 3.96. The van der Waals surface area contributed by atoms with Crippen LogP contribution < -0.4 is 10.6 Å². The zero-order valence-corrected chi connectivity index (χ0v) is 15.2. The minimum Gasteiger partial charge on any atom is -0.347 e. The van der Waals surface area contributed by atoms with Crippen LogP contribution in [0.1, 0.15) is 21.7 Å². The van der Waals surface area contributed by atoms with Crippen molar-refractivity contribution < 1.29 is 4.79 Å². The van der Waals surface area contributed by atoms with Crippen LogP contribution in [0.5, 0.6) is 0 Å². The van der Waals surface area contributed by atoms with Crippen molar-refractivity contribution in [3.05, 3.63) is 82.1 Å². The topological polar surface area (TPSA) is 66.9 Å². The van der Waals surface area contributed by atoms with Gasteiger partial charge in [-0.15, -0.1) is 0 Å². The minimum absolute atomic E-state index is 0.230. The van der Waals surface area contributed by atoms with E-state index in [1.807, 2.05) is 61.5 Å². The molecule has 3 rings (SSSR count). The predicted molar refractivity (Wildman–Crippen MR) is 102 cm³/mol. The van der Waals surface area contributed by atoms with E-state index in [9.17, 15) is 4.79 Å². The van der Waals surface area contributed by atoms with Crippen molar-refractivity contribution in [2.75, 3.05) is 5.32 Å². The average Bonchev–Trinajstić information content (AvgIpc) is 2.60. The Morgan fingerprint density at radius 1 is 1.04 bits per heavy atom. The van der Waals surface area contributed by atoms with Crippen LogP contribution in [0.3, 0.4) is 0 Å². The highest BCUT2D eigenvalue weighted by atomic mass is 79.9. The quantitative estimate of drug-likeness (QED) is 0.677. The summed E-state index contributed by atoms with van der Waals surface area (Å²) in [4.78, 5) is 21.1. The van der Waals surface area contributed by atoms with Crippen molar-refractivity contribution in [2.45, 2.75) is 13.5 Å². The first-order chi connectivity index (χ1) is 12.1. The Balaban J connectivity index is 1.73. The lowest BCUT2D eigenvalue weighted by Gasteiger charge is -2.09. The molecular formula is C19H17BrN4O. The van der Waals surface area contributed by atoms with Crippen LogP contribution in [-0.4, -0.2) is 15.9 Å². The smallest absolute Gasteiger partial charge is 0.270 e. The summed E-state index contributed by atoms with van der Waals surface area (Å²) in [5.41, 5.74) is 2.93. The molecule has 5 nitrogen and oxygen atoms in total. The minimum atomic E-state index is -0.230. The van der Waals surface area contributed by atoms with Crippen LogP contribution in [0, 0.1) is 6.92 Å². The lowest BCUT2D eigenvalue weighted by atomic mass is 10.2. The number of carbonyl (C=O) groups is 1. The number of amides is 1. The lowest BCUT2D eigenvalue weighted by Crippen LogP contribution is -2.24. The lowest BCUT2D eigenvalue weighted by molar-refractivity contribution is 0.0945. The zero-order valence-electron chi connectivity index (χ0n) is 13.7. The van der Waals surface area contributed by atoms with Gasteiger partial charge in [0.05, 0.1) is 0 Å². The molecule has 6 heteroatoms. The summed E-state index contributed by atoms with van der Waals surface area (Å²) in [6, 6.07) is 19.1. The first-order valence-corrected chi connectivity index (χ1v) is 8.60. The molecule has 0 saturated heterocycles. The van der Waals surface area contributed by atoms with Crippen molar-refractivity contribution in [2.24, 2.45) is 0 Å². The van der Waals surface area contributed by atoms with Gasteiger partial charge < -0.3 is 10.6 Å². The number of halogens is 1. The van der Waals surface area contributed by atoms with Gasteiger partial charge in [-0.25, -0.2) is 9.97 Å². The van der Waals surface area contributed by atoms with E-state index >= 15 is 0 Å². The second-order valence-corrected chi connectivity index (χ2v) is 6.44. The Labute approximate surface area is 154 Å². The van der Waals surface area contributed by atoms with Crippen LogP contribution in [0.4, 0.5) is 11.6 Å². The number of carbonyl (C=O) groups excluding carboxylic acids is 1. The van der Waals surface area contributed by atoms with Crippen LogP contribution >= 0.6 is 15.9 Å². The van der Waals surface area contributed by atoms with Crippen LogP contribution in [0.25, 0.3) is 0 Å². The van der Waals surface area contributed by atoms with Crippen molar-refractivity contribution in [3.63, 3.8) is 0 Å². The summed E-state index contributed by atoms with van der Waals surface area (Å²) < 4.78 is 0.950. The van der Waals surface area contributed by atoms with E-state index in [2.05, 4.69) is 36.5 Å². The van der Waals surface area contributed by atoms with Gasteiger partial charge in [-0.2, -0.15) is 0 Å². The number of rotatable bonds is 5. The average molecular weight is 397 g/mol. The zero-order chi connectivity index (χ0) is 17.6. The maximum atomic E-state index is 12.4. The fourth-order valence-corrected chi connectivity index (χ4v) is 2.70. The molecule has 0 bridgehead atoms. The summed E-state index contributed by atoms with van der Waals surface area (Å²) in [5.74, 6) is 0.162. The number of aryl methyl sites for hydroxylation is 1. The van der Waals surface area contributed by atoms with E-state index in [-0.39, 0.29) is 5.91 Å². The van der Waals surface area contributed by atoms with Gasteiger partial charge in [0.15, 0.2) is 0 Å². The molecule has 0 spiro atoms. The van der Waals surface area contributed by atoms with Crippen LogP contribution in [-0.2, 0) is 6.54 Å². The van der Waals surface area contributed by atoms with E-state index in [0.717, 1.165) is 21.4 Å². The molecule has 2 N–H and O–H groups in total. The number of hydrogen-bond donors (Lipinski definition) is 2. The third kappa shape index (κ3) is 4.87. The molecular weight excluding hydrogens is 380 g/mol. The molecule has 126 valence electrons. The molecule has 0 aliphatic rings. The van der Waals surface area contributed by atoms with Crippen molar-refractivity contribution in [1.82, 2.24) is 15.3 Å². The summed E-state index contributed by atoms with van der Waals surface area (Å²) in [5, 5.41) is 6.00. The standard InChI is InChI=1S/C19H17BrN4O/c1-13-10-17(18(25)21-12-14-6-3-2-4-7-14)24-19(22-13)23-16-9-5-8-15(20)11-16/h2-11H,12H2,1H3,(H,21,25)(H,22,23,24).